The van der Waals surface area contributed by atoms with Crippen LogP contribution in [0.4, 0.5) is 11.4 Å². The Morgan fingerprint density at radius 3 is 1.92 bits per heavy atom. The third-order valence-corrected chi connectivity index (χ3v) is 13.4. The molecule has 0 bridgehead atoms. The molecule has 2 heteroatoms. The van der Waals surface area contributed by atoms with Gasteiger partial charge in [-0.05, 0) is 99.0 Å². The van der Waals surface area contributed by atoms with Gasteiger partial charge in [0.25, 0.3) is 0 Å². The fraction of sp³-hybridized carbons (Fsp3) is 0.153. The minimum Gasteiger partial charge on any atom is -0.456 e. The Morgan fingerprint density at radius 2 is 1.23 bits per heavy atom. The number of benzene rings is 7. The van der Waals surface area contributed by atoms with E-state index in [0.717, 1.165) is 35.9 Å². The molecule has 0 spiro atoms. The van der Waals surface area contributed by atoms with Gasteiger partial charge >= 0.3 is 0 Å². The molecule has 2 nitrogen and oxygen atoms in total. The predicted octanol–water partition coefficient (Wildman–Crippen LogP) is 13.6. The van der Waals surface area contributed by atoms with Gasteiger partial charge in [0, 0.05) is 33.1 Å². The van der Waals surface area contributed by atoms with Gasteiger partial charge in [-0.3, -0.25) is 0 Å². The van der Waals surface area contributed by atoms with E-state index in [1.807, 2.05) is 0 Å². The van der Waals surface area contributed by atoms with Crippen molar-refractivity contribution < 1.29 is 4.42 Å². The zero-order chi connectivity index (χ0) is 41.1. The molecular formula is C59H49NO. The van der Waals surface area contributed by atoms with Crippen LogP contribution in [0, 0.1) is 0 Å². The van der Waals surface area contributed by atoms with Crippen molar-refractivity contribution in [3.05, 3.63) is 238 Å². The van der Waals surface area contributed by atoms with Crippen LogP contribution >= 0.6 is 0 Å². The van der Waals surface area contributed by atoms with E-state index in [9.17, 15) is 0 Å². The Balaban J connectivity index is 1.04. The summed E-state index contributed by atoms with van der Waals surface area (Å²) in [7, 11) is 0. The van der Waals surface area contributed by atoms with Crippen LogP contribution in [0.2, 0.25) is 0 Å². The fourth-order valence-corrected chi connectivity index (χ4v) is 10.4. The number of furan rings is 1. The first-order valence-corrected chi connectivity index (χ1v) is 21.8. The third-order valence-electron chi connectivity index (χ3n) is 13.4. The number of anilines is 2. The lowest BCUT2D eigenvalue weighted by Crippen LogP contribution is -2.34. The van der Waals surface area contributed by atoms with Gasteiger partial charge in [-0.25, -0.2) is 0 Å². The van der Waals surface area contributed by atoms with Gasteiger partial charge in [0.15, 0.2) is 0 Å². The Morgan fingerprint density at radius 1 is 0.590 bits per heavy atom. The van der Waals surface area contributed by atoms with E-state index in [4.69, 9.17) is 4.42 Å². The Hall–Kier alpha value is -6.90. The van der Waals surface area contributed by atoms with Crippen molar-refractivity contribution in [1.82, 2.24) is 0 Å². The van der Waals surface area contributed by atoms with Crippen LogP contribution in [-0.4, -0.2) is 6.04 Å². The second-order valence-corrected chi connectivity index (χ2v) is 17.9. The molecule has 296 valence electrons. The number of rotatable bonds is 7. The van der Waals surface area contributed by atoms with E-state index in [-0.39, 0.29) is 11.5 Å². The topological polar surface area (TPSA) is 16.4 Å². The molecule has 0 saturated carbocycles. The average molecular weight is 788 g/mol. The van der Waals surface area contributed by atoms with Gasteiger partial charge < -0.3 is 9.32 Å². The third kappa shape index (κ3) is 6.07. The molecule has 8 aromatic rings. The zero-order valence-electron chi connectivity index (χ0n) is 35.1. The first-order valence-electron chi connectivity index (χ1n) is 21.8. The standard InChI is InChI=1S/C59H49NO/c1-58(2,3)42-30-32-43(33-31-42)59(53-24-11-7-19-49(53)50-20-8-12-25-54(50)59)44-34-38-46(39-35-44)60(55-26-13-9-18-47(55)40-16-5-4-6-17-40)45-36-28-41(29-37-45)48-22-15-23-52-51-21-10-14-27-56(51)61-57(48)52/h4-14,16-21,23-38,46H,15,22,39H2,1-3H3. The van der Waals surface area contributed by atoms with E-state index >= 15 is 0 Å². The zero-order valence-corrected chi connectivity index (χ0v) is 35.1. The minimum absolute atomic E-state index is 0.0657. The number of fused-ring (bicyclic) bond motifs is 6. The molecule has 1 unspecified atom stereocenters. The Bertz CT molecular complexity index is 3090. The highest BCUT2D eigenvalue weighted by molar-refractivity contribution is 5.88. The normalized spacial score (nSPS) is 16.3. The predicted molar refractivity (Wildman–Crippen MR) is 255 cm³/mol. The number of nitrogens with zero attached hydrogens (tertiary/aromatic N) is 1. The summed E-state index contributed by atoms with van der Waals surface area (Å²) in [6.07, 6.45) is 12.6. The highest BCUT2D eigenvalue weighted by Gasteiger charge is 2.47. The molecule has 0 saturated heterocycles. The van der Waals surface area contributed by atoms with Crippen LogP contribution in [0.1, 0.15) is 67.9 Å². The number of para-hydroxylation sites is 2. The first-order chi connectivity index (χ1) is 29.9. The van der Waals surface area contributed by atoms with Crippen molar-refractivity contribution in [2.75, 3.05) is 4.90 Å². The van der Waals surface area contributed by atoms with Gasteiger partial charge in [-0.2, -0.15) is 0 Å². The molecule has 0 radical (unpaired) electrons. The van der Waals surface area contributed by atoms with Crippen LogP contribution in [-0.2, 0) is 10.8 Å². The largest absolute Gasteiger partial charge is 0.456 e. The number of hydrogen-bond donors (Lipinski definition) is 0. The molecule has 11 rings (SSSR count). The summed E-state index contributed by atoms with van der Waals surface area (Å²) < 4.78 is 6.53. The molecule has 61 heavy (non-hydrogen) atoms. The van der Waals surface area contributed by atoms with E-state index in [0.29, 0.717) is 0 Å². The lowest BCUT2D eigenvalue weighted by atomic mass is 9.65. The highest BCUT2D eigenvalue weighted by Crippen LogP contribution is 2.57. The molecule has 1 heterocycles. The number of allylic oxidation sites excluding steroid dienone is 2. The summed E-state index contributed by atoms with van der Waals surface area (Å²) in [4.78, 5) is 2.56. The lowest BCUT2D eigenvalue weighted by molar-refractivity contribution is 0.568. The van der Waals surface area contributed by atoms with Gasteiger partial charge in [-0.1, -0.05) is 197 Å². The Kier molecular flexibility index (Phi) is 8.93. The van der Waals surface area contributed by atoms with E-state index < -0.39 is 5.41 Å². The van der Waals surface area contributed by atoms with E-state index in [1.165, 1.54) is 77.5 Å². The van der Waals surface area contributed by atoms with Crippen LogP contribution < -0.4 is 15.5 Å². The number of hydrogen-bond acceptors (Lipinski definition) is 2. The van der Waals surface area contributed by atoms with Crippen LogP contribution in [0.5, 0.6) is 0 Å². The fourth-order valence-electron chi connectivity index (χ4n) is 10.4. The molecule has 1 aromatic heterocycles. The summed E-state index contributed by atoms with van der Waals surface area (Å²) in [5.41, 5.74) is 18.2. The summed E-state index contributed by atoms with van der Waals surface area (Å²) in [5, 5.41) is 2.42. The second kappa shape index (κ2) is 14.7. The van der Waals surface area contributed by atoms with Crippen molar-refractivity contribution in [1.29, 1.82) is 0 Å². The molecular weight excluding hydrogens is 739 g/mol. The molecule has 0 fully saturated rings. The second-order valence-electron chi connectivity index (χ2n) is 17.9. The smallest absolute Gasteiger partial charge is 0.138 e. The lowest BCUT2D eigenvalue weighted by Gasteiger charge is -2.39. The highest BCUT2D eigenvalue weighted by atomic mass is 16.3. The molecule has 0 amide bonds. The van der Waals surface area contributed by atoms with Gasteiger partial charge in [0.05, 0.1) is 11.5 Å². The van der Waals surface area contributed by atoms with Crippen molar-refractivity contribution in [2.24, 2.45) is 0 Å². The first kappa shape index (κ1) is 37.1. The van der Waals surface area contributed by atoms with Crippen molar-refractivity contribution in [3.8, 4) is 22.3 Å². The van der Waals surface area contributed by atoms with Gasteiger partial charge in [0.2, 0.25) is 0 Å². The van der Waals surface area contributed by atoms with Crippen LogP contribution in [0.15, 0.2) is 204 Å². The maximum absolute atomic E-state index is 6.53. The monoisotopic (exact) mass is 787 g/mol. The molecule has 7 aromatic carbocycles. The minimum atomic E-state index is -0.441. The molecule has 3 aliphatic carbocycles. The SMILES string of the molecule is CC(C)(C)c1ccc(C2(C3=CCC(N(c4ccc(C5=c6oc7ccccc7c6=CCC5)cc4)c4ccccc4-c4ccccc4)C=C3)c3ccccc3-c3ccccc32)cc1. The van der Waals surface area contributed by atoms with Crippen molar-refractivity contribution in [3.63, 3.8) is 0 Å². The van der Waals surface area contributed by atoms with E-state index in [2.05, 4.69) is 226 Å². The molecule has 3 aliphatic rings. The summed E-state index contributed by atoms with van der Waals surface area (Å²) in [6.45, 7) is 6.89. The summed E-state index contributed by atoms with van der Waals surface area (Å²) in [5.74, 6) is 0. The summed E-state index contributed by atoms with van der Waals surface area (Å²) in [6, 6.07) is 65.0. The Labute approximate surface area is 359 Å². The quantitative estimate of drug-likeness (QED) is 0.160. The van der Waals surface area contributed by atoms with Crippen molar-refractivity contribution in [2.45, 2.75) is 56.9 Å². The molecule has 1 atom stereocenters. The van der Waals surface area contributed by atoms with Crippen LogP contribution in [0.3, 0.4) is 0 Å². The van der Waals surface area contributed by atoms with Gasteiger partial charge in [0.1, 0.15) is 11.0 Å². The molecule has 0 N–H and O–H groups in total. The maximum Gasteiger partial charge on any atom is 0.138 e. The maximum atomic E-state index is 6.53. The van der Waals surface area contributed by atoms with Gasteiger partial charge in [-0.15, -0.1) is 0 Å². The molecule has 0 aliphatic heterocycles. The average Bonchev–Trinajstić information content (AvgIpc) is 3.84. The van der Waals surface area contributed by atoms with E-state index in [1.54, 1.807) is 0 Å². The summed E-state index contributed by atoms with van der Waals surface area (Å²) >= 11 is 0. The van der Waals surface area contributed by atoms with Crippen molar-refractivity contribution >= 4 is 34.0 Å². The van der Waals surface area contributed by atoms with Crippen LogP contribution in [0.25, 0.3) is 44.9 Å².